The summed E-state index contributed by atoms with van der Waals surface area (Å²) in [6.07, 6.45) is 1.28. The van der Waals surface area contributed by atoms with E-state index in [0.717, 1.165) is 13.1 Å². The van der Waals surface area contributed by atoms with Crippen molar-refractivity contribution in [2.24, 2.45) is 17.8 Å². The van der Waals surface area contributed by atoms with Gasteiger partial charge in [-0.15, -0.1) is 12.4 Å². The second-order valence-electron chi connectivity index (χ2n) is 6.92. The number of likely N-dealkylation sites (tertiary alicyclic amines) is 1. The minimum absolute atomic E-state index is 0. The van der Waals surface area contributed by atoms with Crippen molar-refractivity contribution in [1.82, 2.24) is 10.2 Å². The summed E-state index contributed by atoms with van der Waals surface area (Å²) >= 11 is 5.73. The molecule has 2 fully saturated rings. The third-order valence-corrected chi connectivity index (χ3v) is 5.56. The number of carbonyl (C=O) groups is 2. The summed E-state index contributed by atoms with van der Waals surface area (Å²) < 4.78 is 13.2. The van der Waals surface area contributed by atoms with E-state index in [-0.39, 0.29) is 41.1 Å². The van der Waals surface area contributed by atoms with Crippen LogP contribution in [0.15, 0.2) is 18.2 Å². The molecule has 2 N–H and O–H groups in total. The lowest BCUT2D eigenvalue weighted by Gasteiger charge is -2.37. The second-order valence-corrected chi connectivity index (χ2v) is 7.33. The van der Waals surface area contributed by atoms with Gasteiger partial charge in [-0.3, -0.25) is 9.59 Å². The van der Waals surface area contributed by atoms with E-state index in [2.05, 4.69) is 10.6 Å². The lowest BCUT2D eigenvalue weighted by Crippen LogP contribution is -2.52. The summed E-state index contributed by atoms with van der Waals surface area (Å²) in [6.45, 7) is 5.01. The summed E-state index contributed by atoms with van der Waals surface area (Å²) in [7, 11) is 0. The highest BCUT2D eigenvalue weighted by Crippen LogP contribution is 2.25. The van der Waals surface area contributed by atoms with Crippen LogP contribution in [0.2, 0.25) is 5.02 Å². The van der Waals surface area contributed by atoms with Gasteiger partial charge in [-0.25, -0.2) is 4.39 Å². The maximum atomic E-state index is 13.2. The van der Waals surface area contributed by atoms with Gasteiger partial charge in [-0.2, -0.15) is 0 Å². The number of anilines is 1. The van der Waals surface area contributed by atoms with Crippen LogP contribution in [0.25, 0.3) is 0 Å². The molecule has 8 heteroatoms. The van der Waals surface area contributed by atoms with E-state index in [1.54, 1.807) is 0 Å². The Bertz CT molecular complexity index is 662. The number of piperidine rings is 1. The Morgan fingerprint density at radius 1 is 1.31 bits per heavy atom. The molecule has 2 heterocycles. The van der Waals surface area contributed by atoms with Gasteiger partial charge >= 0.3 is 0 Å². The van der Waals surface area contributed by atoms with Gasteiger partial charge in [0.2, 0.25) is 11.8 Å². The molecule has 0 radical (unpaired) electrons. The molecule has 0 aliphatic carbocycles. The molecule has 1 atom stereocenters. The standard InChI is InChI=1S/C18H23ClFN3O2.ClH/c1-11(13-9-21-10-13)18(25)23-6-4-12(5-7-23)17(24)22-14-2-3-16(20)15(19)8-14;/h2-3,8,11-13,21H,4-7,9-10H2,1H3,(H,22,24);1H. The van der Waals surface area contributed by atoms with Gasteiger partial charge in [0.15, 0.2) is 0 Å². The van der Waals surface area contributed by atoms with Gasteiger partial charge in [-0.1, -0.05) is 18.5 Å². The molecule has 0 aromatic heterocycles. The fourth-order valence-electron chi connectivity index (χ4n) is 3.33. The molecule has 3 rings (SSSR count). The molecule has 26 heavy (non-hydrogen) atoms. The zero-order valence-electron chi connectivity index (χ0n) is 14.6. The van der Waals surface area contributed by atoms with Crippen molar-refractivity contribution in [2.75, 3.05) is 31.5 Å². The van der Waals surface area contributed by atoms with Crippen LogP contribution < -0.4 is 10.6 Å². The van der Waals surface area contributed by atoms with Crippen LogP contribution in [0, 0.1) is 23.6 Å². The lowest BCUT2D eigenvalue weighted by atomic mass is 9.87. The van der Waals surface area contributed by atoms with Gasteiger partial charge < -0.3 is 15.5 Å². The molecule has 1 aromatic carbocycles. The first-order valence-corrected chi connectivity index (χ1v) is 9.09. The van der Waals surface area contributed by atoms with Crippen molar-refractivity contribution >= 4 is 41.5 Å². The highest BCUT2D eigenvalue weighted by Gasteiger charge is 2.34. The third-order valence-electron chi connectivity index (χ3n) is 5.27. The largest absolute Gasteiger partial charge is 0.342 e. The minimum Gasteiger partial charge on any atom is -0.342 e. The number of rotatable bonds is 4. The first kappa shape index (κ1) is 20.9. The van der Waals surface area contributed by atoms with E-state index >= 15 is 0 Å². The number of hydrogen-bond acceptors (Lipinski definition) is 3. The van der Waals surface area contributed by atoms with E-state index in [0.29, 0.717) is 37.5 Å². The molecule has 144 valence electrons. The van der Waals surface area contributed by atoms with Crippen molar-refractivity contribution in [1.29, 1.82) is 0 Å². The summed E-state index contributed by atoms with van der Waals surface area (Å²) in [5.74, 6) is -0.109. The third kappa shape index (κ3) is 4.67. The van der Waals surface area contributed by atoms with Crippen LogP contribution in [-0.4, -0.2) is 42.9 Å². The molecule has 1 aromatic rings. The smallest absolute Gasteiger partial charge is 0.227 e. The molecule has 2 amide bonds. The van der Waals surface area contributed by atoms with Gasteiger partial charge in [-0.05, 0) is 50.0 Å². The Labute approximate surface area is 164 Å². The first-order valence-electron chi connectivity index (χ1n) is 8.71. The quantitative estimate of drug-likeness (QED) is 0.812. The number of amides is 2. The maximum absolute atomic E-state index is 13.2. The Hall–Kier alpha value is -1.37. The Kier molecular flexibility index (Phi) is 7.26. The molecular formula is C18H24Cl2FN3O2. The summed E-state index contributed by atoms with van der Waals surface area (Å²) in [5.41, 5.74) is 0.487. The van der Waals surface area contributed by atoms with Crippen molar-refractivity contribution in [3.05, 3.63) is 29.0 Å². The summed E-state index contributed by atoms with van der Waals surface area (Å²) in [5, 5.41) is 5.96. The second kappa shape index (κ2) is 9.02. The van der Waals surface area contributed by atoms with E-state index in [1.165, 1.54) is 18.2 Å². The monoisotopic (exact) mass is 403 g/mol. The fourth-order valence-corrected chi connectivity index (χ4v) is 3.51. The first-order chi connectivity index (χ1) is 12.0. The number of nitrogens with zero attached hydrogens (tertiary/aromatic N) is 1. The van der Waals surface area contributed by atoms with E-state index < -0.39 is 5.82 Å². The Morgan fingerprint density at radius 2 is 1.96 bits per heavy atom. The van der Waals surface area contributed by atoms with Crippen molar-refractivity contribution in [3.8, 4) is 0 Å². The highest BCUT2D eigenvalue weighted by atomic mass is 35.5. The number of benzene rings is 1. The zero-order valence-corrected chi connectivity index (χ0v) is 16.2. The minimum atomic E-state index is -0.512. The van der Waals surface area contributed by atoms with Gasteiger partial charge in [0.1, 0.15) is 5.82 Å². The number of nitrogens with one attached hydrogen (secondary N) is 2. The SMILES string of the molecule is CC(C(=O)N1CCC(C(=O)Nc2ccc(F)c(Cl)c2)CC1)C1CNC1.Cl. The molecule has 2 saturated heterocycles. The van der Waals surface area contributed by atoms with Crippen LogP contribution in [-0.2, 0) is 9.59 Å². The lowest BCUT2D eigenvalue weighted by molar-refractivity contribution is -0.140. The van der Waals surface area contributed by atoms with Crippen LogP contribution in [0.3, 0.4) is 0 Å². The predicted octanol–water partition coefficient (Wildman–Crippen LogP) is 2.93. The van der Waals surface area contributed by atoms with Crippen LogP contribution in [0.5, 0.6) is 0 Å². The van der Waals surface area contributed by atoms with E-state index in [4.69, 9.17) is 11.6 Å². The zero-order chi connectivity index (χ0) is 18.0. The molecule has 5 nitrogen and oxygen atoms in total. The summed E-state index contributed by atoms with van der Waals surface area (Å²) in [4.78, 5) is 26.8. The van der Waals surface area contributed by atoms with Crippen LogP contribution in [0.1, 0.15) is 19.8 Å². The number of hydrogen-bond donors (Lipinski definition) is 2. The molecule has 2 aliphatic heterocycles. The highest BCUT2D eigenvalue weighted by molar-refractivity contribution is 6.31. The average Bonchev–Trinajstić information content (AvgIpc) is 2.56. The van der Waals surface area contributed by atoms with E-state index in [9.17, 15) is 14.0 Å². The summed E-state index contributed by atoms with van der Waals surface area (Å²) in [6, 6.07) is 4.13. The molecule has 0 bridgehead atoms. The normalized spacial score (nSPS) is 19.3. The molecule has 0 saturated carbocycles. The number of halogens is 3. The van der Waals surface area contributed by atoms with Gasteiger partial charge in [0.25, 0.3) is 0 Å². The van der Waals surface area contributed by atoms with Crippen molar-refractivity contribution < 1.29 is 14.0 Å². The molecule has 0 spiro atoms. The predicted molar refractivity (Wildman–Crippen MR) is 102 cm³/mol. The maximum Gasteiger partial charge on any atom is 0.227 e. The van der Waals surface area contributed by atoms with Crippen LogP contribution >= 0.6 is 24.0 Å². The van der Waals surface area contributed by atoms with Crippen LogP contribution in [0.4, 0.5) is 10.1 Å². The van der Waals surface area contributed by atoms with Crippen molar-refractivity contribution in [2.45, 2.75) is 19.8 Å². The van der Waals surface area contributed by atoms with E-state index in [1.807, 2.05) is 11.8 Å². The van der Waals surface area contributed by atoms with Gasteiger partial charge in [0.05, 0.1) is 5.02 Å². The van der Waals surface area contributed by atoms with Crippen molar-refractivity contribution in [3.63, 3.8) is 0 Å². The topological polar surface area (TPSA) is 61.4 Å². The van der Waals surface area contributed by atoms with Gasteiger partial charge in [0, 0.05) is 30.6 Å². The Balaban J connectivity index is 0.00000243. The fraction of sp³-hybridized carbons (Fsp3) is 0.556. The number of carbonyl (C=O) groups excluding carboxylic acids is 2. The molecule has 2 aliphatic rings. The molecular weight excluding hydrogens is 380 g/mol. The molecule has 1 unspecified atom stereocenters. The Morgan fingerprint density at radius 3 is 2.50 bits per heavy atom. The average molecular weight is 404 g/mol.